The zero-order valence-corrected chi connectivity index (χ0v) is 20.3. The Balaban J connectivity index is 0.00000392. The zero-order valence-electron chi connectivity index (χ0n) is 16.3. The van der Waals surface area contributed by atoms with Crippen LogP contribution in [0, 0.1) is 13.8 Å². The van der Waals surface area contributed by atoms with E-state index in [1.807, 2.05) is 32.9 Å². The molecular formula is C19H27BrIN5O2. The number of aliphatic imine (C=N–C) groups is 1. The molecule has 0 aliphatic heterocycles. The maximum atomic E-state index is 12.1. The van der Waals surface area contributed by atoms with E-state index in [2.05, 4.69) is 41.9 Å². The van der Waals surface area contributed by atoms with Gasteiger partial charge in [0.2, 0.25) is 5.89 Å². The largest absolute Gasteiger partial charge is 0.444 e. The summed E-state index contributed by atoms with van der Waals surface area (Å²) in [6.07, 6.45) is 0.779. The Bertz CT molecular complexity index is 775. The monoisotopic (exact) mass is 563 g/mol. The summed E-state index contributed by atoms with van der Waals surface area (Å²) in [5.74, 6) is 2.04. The number of hydrogen-bond acceptors (Lipinski definition) is 4. The number of amides is 1. The highest BCUT2D eigenvalue weighted by molar-refractivity contribution is 14.0. The lowest BCUT2D eigenvalue weighted by atomic mass is 10.2. The molecule has 154 valence electrons. The first-order valence-electron chi connectivity index (χ1n) is 8.98. The molecule has 2 aromatic rings. The Labute approximate surface area is 191 Å². The van der Waals surface area contributed by atoms with Crippen molar-refractivity contribution in [2.24, 2.45) is 4.99 Å². The molecular weight excluding hydrogens is 537 g/mol. The van der Waals surface area contributed by atoms with Crippen LogP contribution in [0.5, 0.6) is 0 Å². The number of nitrogens with one attached hydrogen (secondary N) is 3. The van der Waals surface area contributed by atoms with E-state index in [1.165, 1.54) is 0 Å². The third-order valence-electron chi connectivity index (χ3n) is 3.81. The number of nitrogens with zero attached hydrogens (tertiary/aromatic N) is 2. The standard InChI is InChI=1S/C19H26BrN5O2.HI/c1-4-21-19(24-12-17-25-13(2)14(3)27-17)23-10-6-9-22-18(26)15-7-5-8-16(20)11-15;/h5,7-8,11H,4,6,9-10,12H2,1-3H3,(H,22,26)(H2,21,23,24);1H. The van der Waals surface area contributed by atoms with Crippen molar-refractivity contribution in [2.75, 3.05) is 19.6 Å². The van der Waals surface area contributed by atoms with Gasteiger partial charge in [0.15, 0.2) is 5.96 Å². The summed E-state index contributed by atoms with van der Waals surface area (Å²) in [5, 5.41) is 9.34. The summed E-state index contributed by atoms with van der Waals surface area (Å²) < 4.78 is 6.43. The second kappa shape index (κ2) is 12.8. The van der Waals surface area contributed by atoms with Crippen LogP contribution in [0.15, 0.2) is 38.1 Å². The highest BCUT2D eigenvalue weighted by Crippen LogP contribution is 2.11. The van der Waals surface area contributed by atoms with Crippen molar-refractivity contribution < 1.29 is 9.21 Å². The van der Waals surface area contributed by atoms with Gasteiger partial charge in [-0.15, -0.1) is 24.0 Å². The number of rotatable bonds is 8. The minimum absolute atomic E-state index is 0. The number of halogens is 2. The molecule has 28 heavy (non-hydrogen) atoms. The van der Waals surface area contributed by atoms with E-state index in [4.69, 9.17) is 4.42 Å². The molecule has 1 aromatic carbocycles. The van der Waals surface area contributed by atoms with Gasteiger partial charge in [-0.3, -0.25) is 4.79 Å². The van der Waals surface area contributed by atoms with Crippen LogP contribution >= 0.6 is 39.9 Å². The number of hydrogen-bond donors (Lipinski definition) is 3. The fourth-order valence-corrected chi connectivity index (χ4v) is 2.72. The van der Waals surface area contributed by atoms with E-state index in [-0.39, 0.29) is 29.9 Å². The smallest absolute Gasteiger partial charge is 0.251 e. The van der Waals surface area contributed by atoms with Crippen LogP contribution in [-0.4, -0.2) is 36.5 Å². The predicted molar refractivity (Wildman–Crippen MR) is 125 cm³/mol. The lowest BCUT2D eigenvalue weighted by Crippen LogP contribution is -2.38. The summed E-state index contributed by atoms with van der Waals surface area (Å²) in [5.41, 5.74) is 1.53. The number of carbonyl (C=O) groups is 1. The van der Waals surface area contributed by atoms with Crippen LogP contribution < -0.4 is 16.0 Å². The Morgan fingerprint density at radius 2 is 1.96 bits per heavy atom. The molecule has 1 aromatic heterocycles. The molecule has 7 nitrogen and oxygen atoms in total. The molecule has 0 bridgehead atoms. The summed E-state index contributed by atoms with van der Waals surface area (Å²) in [7, 11) is 0. The number of aromatic nitrogens is 1. The van der Waals surface area contributed by atoms with Crippen LogP contribution in [0.1, 0.15) is 41.0 Å². The summed E-state index contributed by atoms with van der Waals surface area (Å²) in [4.78, 5) is 20.9. The second-order valence-electron chi connectivity index (χ2n) is 5.99. The highest BCUT2D eigenvalue weighted by atomic mass is 127. The van der Waals surface area contributed by atoms with Crippen LogP contribution in [0.4, 0.5) is 0 Å². The lowest BCUT2D eigenvalue weighted by Gasteiger charge is -2.11. The van der Waals surface area contributed by atoms with Crippen molar-refractivity contribution in [3.63, 3.8) is 0 Å². The zero-order chi connectivity index (χ0) is 19.6. The Morgan fingerprint density at radius 1 is 1.21 bits per heavy atom. The van der Waals surface area contributed by atoms with E-state index in [0.717, 1.165) is 28.9 Å². The van der Waals surface area contributed by atoms with Gasteiger partial charge in [-0.05, 0) is 45.4 Å². The van der Waals surface area contributed by atoms with Gasteiger partial charge in [0.25, 0.3) is 5.91 Å². The SMILES string of the molecule is CCNC(=NCc1nc(C)c(C)o1)NCCCNC(=O)c1cccc(Br)c1.I. The molecule has 0 spiro atoms. The molecule has 0 radical (unpaired) electrons. The van der Waals surface area contributed by atoms with Crippen molar-refractivity contribution in [3.05, 3.63) is 51.6 Å². The third-order valence-corrected chi connectivity index (χ3v) is 4.30. The Hall–Kier alpha value is -1.62. The molecule has 1 heterocycles. The van der Waals surface area contributed by atoms with Gasteiger partial charge in [-0.25, -0.2) is 9.98 Å². The first kappa shape index (κ1) is 24.4. The normalized spacial score (nSPS) is 10.9. The lowest BCUT2D eigenvalue weighted by molar-refractivity contribution is 0.0953. The van der Waals surface area contributed by atoms with Gasteiger partial charge in [-0.2, -0.15) is 0 Å². The van der Waals surface area contributed by atoms with Gasteiger partial charge in [0.05, 0.1) is 5.69 Å². The molecule has 9 heteroatoms. The highest BCUT2D eigenvalue weighted by Gasteiger charge is 2.06. The number of carbonyl (C=O) groups excluding carboxylic acids is 1. The average molecular weight is 564 g/mol. The quantitative estimate of drug-likeness (QED) is 0.198. The minimum Gasteiger partial charge on any atom is -0.444 e. The van der Waals surface area contributed by atoms with Crippen molar-refractivity contribution in [1.29, 1.82) is 0 Å². The van der Waals surface area contributed by atoms with Crippen LogP contribution in [0.25, 0.3) is 0 Å². The van der Waals surface area contributed by atoms with Crippen molar-refractivity contribution in [3.8, 4) is 0 Å². The molecule has 0 atom stereocenters. The van der Waals surface area contributed by atoms with Crippen LogP contribution in [-0.2, 0) is 6.54 Å². The van der Waals surface area contributed by atoms with Crippen molar-refractivity contribution in [2.45, 2.75) is 33.7 Å². The van der Waals surface area contributed by atoms with Crippen molar-refractivity contribution >= 4 is 51.8 Å². The van der Waals surface area contributed by atoms with E-state index < -0.39 is 0 Å². The van der Waals surface area contributed by atoms with Gasteiger partial charge in [0, 0.05) is 29.7 Å². The first-order chi connectivity index (χ1) is 13.0. The maximum absolute atomic E-state index is 12.1. The Morgan fingerprint density at radius 3 is 2.61 bits per heavy atom. The summed E-state index contributed by atoms with van der Waals surface area (Å²) >= 11 is 3.37. The average Bonchev–Trinajstić information content (AvgIpc) is 2.97. The fourth-order valence-electron chi connectivity index (χ4n) is 2.32. The van der Waals surface area contributed by atoms with E-state index >= 15 is 0 Å². The fraction of sp³-hybridized carbons (Fsp3) is 0.421. The van der Waals surface area contributed by atoms with Gasteiger partial charge >= 0.3 is 0 Å². The molecule has 0 unspecified atom stereocenters. The van der Waals surface area contributed by atoms with E-state index in [0.29, 0.717) is 37.0 Å². The van der Waals surface area contributed by atoms with Gasteiger partial charge in [-0.1, -0.05) is 22.0 Å². The molecule has 0 saturated heterocycles. The van der Waals surface area contributed by atoms with Gasteiger partial charge in [0.1, 0.15) is 12.3 Å². The topological polar surface area (TPSA) is 91.6 Å². The van der Waals surface area contributed by atoms with Crippen LogP contribution in [0.2, 0.25) is 0 Å². The second-order valence-corrected chi connectivity index (χ2v) is 6.91. The maximum Gasteiger partial charge on any atom is 0.251 e. The number of oxazole rings is 1. The summed E-state index contributed by atoms with van der Waals surface area (Å²) in [6, 6.07) is 7.33. The number of guanidine groups is 1. The van der Waals surface area contributed by atoms with E-state index in [9.17, 15) is 4.79 Å². The molecule has 0 saturated carbocycles. The van der Waals surface area contributed by atoms with Crippen LogP contribution in [0.3, 0.4) is 0 Å². The minimum atomic E-state index is -0.0773. The Kier molecular flexibility index (Phi) is 11.1. The van der Waals surface area contributed by atoms with Gasteiger partial charge < -0.3 is 20.4 Å². The molecule has 0 fully saturated rings. The molecule has 0 aliphatic rings. The first-order valence-corrected chi connectivity index (χ1v) is 9.77. The van der Waals surface area contributed by atoms with Crippen molar-refractivity contribution in [1.82, 2.24) is 20.9 Å². The molecule has 3 N–H and O–H groups in total. The number of aryl methyl sites for hydroxylation is 2. The van der Waals surface area contributed by atoms with E-state index in [1.54, 1.807) is 12.1 Å². The molecule has 2 rings (SSSR count). The summed E-state index contributed by atoms with van der Waals surface area (Å²) in [6.45, 7) is 8.22. The molecule has 0 aliphatic carbocycles. The molecule has 1 amide bonds. The predicted octanol–water partition coefficient (Wildman–Crippen LogP) is 3.55. The third kappa shape index (κ3) is 8.17. The number of benzene rings is 1.